The van der Waals surface area contributed by atoms with Gasteiger partial charge < -0.3 is 19.8 Å². The minimum Gasteiger partial charge on any atom is -0.473 e. The van der Waals surface area contributed by atoms with E-state index in [1.807, 2.05) is 19.0 Å². The van der Waals surface area contributed by atoms with Gasteiger partial charge in [-0.25, -0.2) is 18.0 Å². The molecule has 0 saturated heterocycles. The van der Waals surface area contributed by atoms with Crippen LogP contribution < -0.4 is 0 Å². The molecule has 174 valence electrons. The van der Waals surface area contributed by atoms with Crippen LogP contribution in [0.2, 0.25) is 5.02 Å². The van der Waals surface area contributed by atoms with Gasteiger partial charge in [-0.3, -0.25) is 4.79 Å². The van der Waals surface area contributed by atoms with Crippen molar-refractivity contribution in [2.24, 2.45) is 0 Å². The van der Waals surface area contributed by atoms with Crippen molar-refractivity contribution < 1.29 is 37.8 Å². The molecule has 2 N–H and O–H groups in total. The van der Waals surface area contributed by atoms with Gasteiger partial charge in [0.05, 0.1) is 17.4 Å². The number of ether oxygens (including phenoxy) is 1. The molecule has 0 spiro atoms. The van der Waals surface area contributed by atoms with E-state index in [-0.39, 0.29) is 18.1 Å². The zero-order valence-electron chi connectivity index (χ0n) is 17.5. The van der Waals surface area contributed by atoms with Crippen LogP contribution in [0.5, 0.6) is 0 Å². The highest BCUT2D eigenvalue weighted by Gasteiger charge is 2.37. The fourth-order valence-corrected chi connectivity index (χ4v) is 5.25. The Morgan fingerprint density at radius 2 is 1.61 bits per heavy atom. The molecule has 0 heterocycles. The van der Waals surface area contributed by atoms with Crippen molar-refractivity contribution in [2.75, 3.05) is 20.6 Å². The van der Waals surface area contributed by atoms with Crippen molar-refractivity contribution in [1.29, 1.82) is 0 Å². The molecule has 0 bridgehead atoms. The van der Waals surface area contributed by atoms with Gasteiger partial charge >= 0.3 is 17.9 Å². The monoisotopic (exact) mass is 477 g/mol. The van der Waals surface area contributed by atoms with Gasteiger partial charge in [0.1, 0.15) is 6.10 Å². The summed E-state index contributed by atoms with van der Waals surface area (Å²) >= 11 is 5.85. The highest BCUT2D eigenvalue weighted by Crippen LogP contribution is 2.29. The number of carbonyl (C=O) groups is 3. The fraction of sp³-hybridized carbons (Fsp3) is 0.550. The van der Waals surface area contributed by atoms with Crippen molar-refractivity contribution >= 4 is 39.3 Å². The van der Waals surface area contributed by atoms with E-state index >= 15 is 0 Å². The van der Waals surface area contributed by atoms with E-state index in [2.05, 4.69) is 0 Å². The molecule has 2 unspecified atom stereocenters. The van der Waals surface area contributed by atoms with Crippen LogP contribution in [0.25, 0.3) is 0 Å². The number of halogens is 1. The SMILES string of the molecule is CN(C)CCC(=O)OC1CCCCC1S(=O)(=O)Cc1ccc(Cl)cc1.O=C(O)C(=O)O. The maximum absolute atomic E-state index is 12.9. The maximum atomic E-state index is 12.9. The molecular weight excluding hydrogens is 450 g/mol. The fourth-order valence-electron chi connectivity index (χ4n) is 3.07. The van der Waals surface area contributed by atoms with Crippen molar-refractivity contribution in [2.45, 2.75) is 49.2 Å². The Morgan fingerprint density at radius 3 is 2.13 bits per heavy atom. The predicted octanol–water partition coefficient (Wildman–Crippen LogP) is 2.22. The minimum atomic E-state index is -3.41. The number of hydrogen-bond acceptors (Lipinski definition) is 7. The Labute approximate surface area is 186 Å². The highest BCUT2D eigenvalue weighted by atomic mass is 35.5. The zero-order chi connectivity index (χ0) is 23.6. The minimum absolute atomic E-state index is 0.0550. The normalized spacial score (nSPS) is 18.6. The summed E-state index contributed by atoms with van der Waals surface area (Å²) in [7, 11) is 0.358. The first-order valence-electron chi connectivity index (χ1n) is 9.69. The molecule has 0 radical (unpaired) electrons. The Kier molecular flexibility index (Phi) is 10.9. The number of carbonyl (C=O) groups excluding carboxylic acids is 1. The summed E-state index contributed by atoms with van der Waals surface area (Å²) in [5.41, 5.74) is 0.702. The van der Waals surface area contributed by atoms with Gasteiger partial charge in [0.2, 0.25) is 0 Å². The number of sulfone groups is 1. The summed E-state index contributed by atoms with van der Waals surface area (Å²) in [6, 6.07) is 6.82. The topological polar surface area (TPSA) is 138 Å². The summed E-state index contributed by atoms with van der Waals surface area (Å²) in [6.07, 6.45) is 2.61. The van der Waals surface area contributed by atoms with E-state index < -0.39 is 33.1 Å². The molecule has 0 aliphatic heterocycles. The highest BCUT2D eigenvalue weighted by molar-refractivity contribution is 7.91. The van der Waals surface area contributed by atoms with Crippen LogP contribution in [0.1, 0.15) is 37.7 Å². The van der Waals surface area contributed by atoms with Crippen LogP contribution in [0.3, 0.4) is 0 Å². The van der Waals surface area contributed by atoms with Crippen molar-refractivity contribution in [3.63, 3.8) is 0 Å². The number of rotatable bonds is 7. The second kappa shape index (κ2) is 12.6. The van der Waals surface area contributed by atoms with Crippen molar-refractivity contribution in [1.82, 2.24) is 4.90 Å². The summed E-state index contributed by atoms with van der Waals surface area (Å²) in [5.74, 6) is -4.03. The maximum Gasteiger partial charge on any atom is 0.414 e. The lowest BCUT2D eigenvalue weighted by atomic mass is 9.97. The number of aliphatic carboxylic acids is 2. The van der Waals surface area contributed by atoms with Crippen LogP contribution in [-0.2, 0) is 34.7 Å². The smallest absolute Gasteiger partial charge is 0.414 e. The van der Waals surface area contributed by atoms with E-state index in [4.69, 9.17) is 36.1 Å². The molecule has 0 amide bonds. The van der Waals surface area contributed by atoms with E-state index in [0.29, 0.717) is 30.0 Å². The summed E-state index contributed by atoms with van der Waals surface area (Å²) < 4.78 is 31.3. The van der Waals surface area contributed by atoms with Crippen molar-refractivity contribution in [3.05, 3.63) is 34.9 Å². The van der Waals surface area contributed by atoms with Crippen LogP contribution in [0.15, 0.2) is 24.3 Å². The molecule has 1 fully saturated rings. The third-order valence-corrected chi connectivity index (χ3v) is 7.06. The number of nitrogens with zero attached hydrogens (tertiary/aromatic N) is 1. The average molecular weight is 478 g/mol. The predicted molar refractivity (Wildman–Crippen MR) is 115 cm³/mol. The summed E-state index contributed by atoms with van der Waals surface area (Å²) in [5, 5.41) is 14.7. The first-order chi connectivity index (χ1) is 14.4. The number of carboxylic acid groups (broad SMARTS) is 2. The third-order valence-electron chi connectivity index (χ3n) is 4.61. The third kappa shape index (κ3) is 10.1. The quantitative estimate of drug-likeness (QED) is 0.447. The van der Waals surface area contributed by atoms with Gasteiger partial charge in [0.25, 0.3) is 0 Å². The van der Waals surface area contributed by atoms with Gasteiger partial charge in [0, 0.05) is 11.6 Å². The van der Waals surface area contributed by atoms with Gasteiger partial charge in [-0.1, -0.05) is 30.2 Å². The summed E-state index contributed by atoms with van der Waals surface area (Å²) in [4.78, 5) is 32.1. The molecule has 1 aromatic carbocycles. The summed E-state index contributed by atoms with van der Waals surface area (Å²) in [6.45, 7) is 0.591. The van der Waals surface area contributed by atoms with Gasteiger partial charge in [-0.2, -0.15) is 0 Å². The number of carboxylic acids is 2. The molecule has 1 saturated carbocycles. The Bertz CT molecular complexity index is 842. The Balaban J connectivity index is 0.000000703. The van der Waals surface area contributed by atoms with E-state index in [9.17, 15) is 13.2 Å². The molecule has 1 aliphatic rings. The number of hydrogen-bond donors (Lipinski definition) is 2. The van der Waals surface area contributed by atoms with Crippen LogP contribution in [0, 0.1) is 0 Å². The number of benzene rings is 1. The first kappa shape index (κ1) is 26.9. The molecule has 1 aliphatic carbocycles. The van der Waals surface area contributed by atoms with Crippen molar-refractivity contribution in [3.8, 4) is 0 Å². The molecular formula is C20H28ClNO8S. The second-order valence-corrected chi connectivity index (χ2v) is 10.1. The molecule has 31 heavy (non-hydrogen) atoms. The Hall–Kier alpha value is -2.17. The van der Waals surface area contributed by atoms with Gasteiger partial charge in [0.15, 0.2) is 9.84 Å². The number of esters is 1. The molecule has 11 heteroatoms. The first-order valence-corrected chi connectivity index (χ1v) is 11.8. The zero-order valence-corrected chi connectivity index (χ0v) is 19.1. The van der Waals surface area contributed by atoms with Crippen LogP contribution in [-0.4, -0.2) is 73.4 Å². The lowest BCUT2D eigenvalue weighted by Crippen LogP contribution is -2.40. The van der Waals surface area contributed by atoms with Gasteiger partial charge in [-0.15, -0.1) is 0 Å². The van der Waals surface area contributed by atoms with E-state index in [0.717, 1.165) is 12.8 Å². The molecule has 2 atom stereocenters. The largest absolute Gasteiger partial charge is 0.473 e. The second-order valence-electron chi connectivity index (χ2n) is 7.45. The standard InChI is InChI=1S/C18H26ClNO4S.C2H2O4/c1-20(2)12-11-18(21)24-16-5-3-4-6-17(16)25(22,23)13-14-7-9-15(19)10-8-14;3-1(4)2(5)6/h7-10,16-17H,3-6,11-13H2,1-2H3;(H,3,4)(H,5,6). The lowest BCUT2D eigenvalue weighted by Gasteiger charge is -2.31. The molecule has 2 rings (SSSR count). The average Bonchev–Trinajstić information content (AvgIpc) is 2.69. The van der Waals surface area contributed by atoms with Crippen LogP contribution >= 0.6 is 11.6 Å². The Morgan fingerprint density at radius 1 is 1.06 bits per heavy atom. The van der Waals surface area contributed by atoms with E-state index in [1.165, 1.54) is 0 Å². The molecule has 0 aromatic heterocycles. The lowest BCUT2D eigenvalue weighted by molar-refractivity contribution is -0.159. The van der Waals surface area contributed by atoms with Gasteiger partial charge in [-0.05, 0) is 51.1 Å². The molecule has 9 nitrogen and oxygen atoms in total. The molecule has 1 aromatic rings. The van der Waals surface area contributed by atoms with Crippen LogP contribution in [0.4, 0.5) is 0 Å². The van der Waals surface area contributed by atoms with E-state index in [1.54, 1.807) is 24.3 Å².